The lowest BCUT2D eigenvalue weighted by molar-refractivity contribution is 0.0865. The van der Waals surface area contributed by atoms with Crippen LogP contribution in [0.2, 0.25) is 0 Å². The number of nitrogens with one attached hydrogen (secondary N) is 1. The number of benzene rings is 3. The van der Waals surface area contributed by atoms with Crippen molar-refractivity contribution in [3.63, 3.8) is 0 Å². The summed E-state index contributed by atoms with van der Waals surface area (Å²) in [7, 11) is 0. The molecule has 30 heavy (non-hydrogen) atoms. The van der Waals surface area contributed by atoms with Crippen LogP contribution in [0, 0.1) is 5.82 Å². The third-order valence-corrected chi connectivity index (χ3v) is 6.07. The third kappa shape index (κ3) is 4.34. The summed E-state index contributed by atoms with van der Waals surface area (Å²) in [6, 6.07) is 16.4. The van der Waals surface area contributed by atoms with Gasteiger partial charge in [0, 0.05) is 20.2 Å². The van der Waals surface area contributed by atoms with Gasteiger partial charge in [-0.15, -0.1) is 11.3 Å². The van der Waals surface area contributed by atoms with Crippen molar-refractivity contribution in [1.82, 2.24) is 5.48 Å². The van der Waals surface area contributed by atoms with Crippen LogP contribution in [0.3, 0.4) is 0 Å². The number of fused-ring (bicyclic) bond motifs is 2. The first-order valence-corrected chi connectivity index (χ1v) is 10.3. The standard InChI is InChI=1S/C23H20FNO4S/c24-15-3-6-17(7-4-15)29-18-8-9-19-22(12-18)30-21-10-2-14(11-20(21)23(19)27)1-5-16(13-26)25-28/h2-4,6-12,16,25-26,28H,1,5,13H2. The van der Waals surface area contributed by atoms with Gasteiger partial charge in [-0.05, 0) is 73.0 Å². The molecular weight excluding hydrogens is 405 g/mol. The van der Waals surface area contributed by atoms with Crippen molar-refractivity contribution in [2.45, 2.75) is 18.9 Å². The van der Waals surface area contributed by atoms with Crippen LogP contribution in [0.15, 0.2) is 65.5 Å². The Labute approximate surface area is 175 Å². The highest BCUT2D eigenvalue weighted by atomic mass is 32.1. The molecule has 3 N–H and O–H groups in total. The summed E-state index contributed by atoms with van der Waals surface area (Å²) in [5.74, 6) is 0.767. The summed E-state index contributed by atoms with van der Waals surface area (Å²) in [5.41, 5.74) is 3.00. The van der Waals surface area contributed by atoms with Crippen molar-refractivity contribution in [3.05, 3.63) is 82.3 Å². The number of hydrogen-bond donors (Lipinski definition) is 3. The van der Waals surface area contributed by atoms with Crippen LogP contribution in [-0.4, -0.2) is 23.0 Å². The maximum Gasteiger partial charge on any atom is 0.195 e. The van der Waals surface area contributed by atoms with E-state index in [1.807, 2.05) is 24.3 Å². The van der Waals surface area contributed by atoms with E-state index < -0.39 is 6.04 Å². The van der Waals surface area contributed by atoms with Gasteiger partial charge in [-0.3, -0.25) is 4.79 Å². The minimum atomic E-state index is -0.397. The van der Waals surface area contributed by atoms with Gasteiger partial charge in [-0.25, -0.2) is 9.87 Å². The molecule has 0 saturated heterocycles. The lowest BCUT2D eigenvalue weighted by Crippen LogP contribution is -2.29. The highest BCUT2D eigenvalue weighted by molar-refractivity contribution is 7.24. The molecule has 0 saturated carbocycles. The average Bonchev–Trinajstić information content (AvgIpc) is 2.76. The van der Waals surface area contributed by atoms with Crippen LogP contribution in [0.1, 0.15) is 12.0 Å². The van der Waals surface area contributed by atoms with E-state index in [1.165, 1.54) is 23.5 Å². The summed E-state index contributed by atoms with van der Waals surface area (Å²) < 4.78 is 20.5. The van der Waals surface area contributed by atoms with Crippen molar-refractivity contribution < 1.29 is 19.4 Å². The van der Waals surface area contributed by atoms with Gasteiger partial charge >= 0.3 is 0 Å². The number of aliphatic hydroxyl groups excluding tert-OH is 1. The summed E-state index contributed by atoms with van der Waals surface area (Å²) in [6.07, 6.45) is 1.18. The van der Waals surface area contributed by atoms with Crippen LogP contribution < -0.4 is 15.6 Å². The molecule has 0 bridgehead atoms. The van der Waals surface area contributed by atoms with Gasteiger partial charge < -0.3 is 15.1 Å². The SMILES string of the molecule is O=c1c2ccc(Oc3ccc(F)cc3)cc2sc2ccc(CCC(CO)NO)cc12. The second-order valence-corrected chi connectivity index (χ2v) is 8.11. The Morgan fingerprint density at radius 1 is 0.967 bits per heavy atom. The summed E-state index contributed by atoms with van der Waals surface area (Å²) in [5, 5.41) is 19.4. The van der Waals surface area contributed by atoms with Crippen LogP contribution >= 0.6 is 11.3 Å². The van der Waals surface area contributed by atoms with E-state index in [0.29, 0.717) is 35.1 Å². The Morgan fingerprint density at radius 2 is 1.73 bits per heavy atom. The fourth-order valence-electron chi connectivity index (χ4n) is 3.28. The maximum absolute atomic E-state index is 13.1. The molecule has 0 spiro atoms. The van der Waals surface area contributed by atoms with E-state index in [0.717, 1.165) is 15.0 Å². The fraction of sp³-hybridized carbons (Fsp3) is 0.174. The number of hydrogen-bond acceptors (Lipinski definition) is 6. The van der Waals surface area contributed by atoms with E-state index in [1.54, 1.807) is 24.3 Å². The highest BCUT2D eigenvalue weighted by Crippen LogP contribution is 2.30. The molecule has 7 heteroatoms. The molecule has 154 valence electrons. The Morgan fingerprint density at radius 3 is 2.47 bits per heavy atom. The predicted octanol–water partition coefficient (Wildman–Crippen LogP) is 4.62. The highest BCUT2D eigenvalue weighted by Gasteiger charge is 2.10. The minimum absolute atomic E-state index is 0.0482. The van der Waals surface area contributed by atoms with Crippen molar-refractivity contribution >= 4 is 31.5 Å². The zero-order valence-corrected chi connectivity index (χ0v) is 16.8. The predicted molar refractivity (Wildman–Crippen MR) is 116 cm³/mol. The number of hydroxylamine groups is 1. The van der Waals surface area contributed by atoms with E-state index >= 15 is 0 Å². The van der Waals surface area contributed by atoms with Gasteiger partial charge in [-0.1, -0.05) is 6.07 Å². The molecule has 0 amide bonds. The summed E-state index contributed by atoms with van der Waals surface area (Å²) in [4.78, 5) is 13.0. The molecular formula is C23H20FNO4S. The van der Waals surface area contributed by atoms with Gasteiger partial charge in [0.05, 0.1) is 12.6 Å². The number of aliphatic hydroxyl groups is 1. The maximum atomic E-state index is 13.1. The molecule has 4 aromatic rings. The van der Waals surface area contributed by atoms with Gasteiger partial charge in [-0.2, -0.15) is 0 Å². The molecule has 1 aromatic heterocycles. The molecule has 0 aliphatic heterocycles. The zero-order chi connectivity index (χ0) is 21.1. The van der Waals surface area contributed by atoms with Crippen molar-refractivity contribution in [1.29, 1.82) is 0 Å². The lowest BCUT2D eigenvalue weighted by atomic mass is 10.0. The van der Waals surface area contributed by atoms with E-state index in [4.69, 9.17) is 15.1 Å². The zero-order valence-electron chi connectivity index (χ0n) is 16.0. The van der Waals surface area contributed by atoms with Crippen LogP contribution in [0.5, 0.6) is 11.5 Å². The number of ether oxygens (including phenoxy) is 1. The molecule has 3 aromatic carbocycles. The second kappa shape index (κ2) is 8.89. The van der Waals surface area contributed by atoms with E-state index in [2.05, 4.69) is 5.48 Å². The smallest absolute Gasteiger partial charge is 0.195 e. The summed E-state index contributed by atoms with van der Waals surface area (Å²) in [6.45, 7) is -0.161. The van der Waals surface area contributed by atoms with Crippen LogP contribution in [-0.2, 0) is 6.42 Å². The first kappa shape index (κ1) is 20.4. The molecule has 0 radical (unpaired) electrons. The minimum Gasteiger partial charge on any atom is -0.457 e. The summed E-state index contributed by atoms with van der Waals surface area (Å²) >= 11 is 1.50. The van der Waals surface area contributed by atoms with Gasteiger partial charge in [0.2, 0.25) is 0 Å². The first-order chi connectivity index (χ1) is 14.6. The second-order valence-electron chi connectivity index (χ2n) is 7.02. The quantitative estimate of drug-likeness (QED) is 0.298. The molecule has 1 atom stereocenters. The molecule has 1 heterocycles. The first-order valence-electron chi connectivity index (χ1n) is 9.51. The lowest BCUT2D eigenvalue weighted by Gasteiger charge is -2.12. The topological polar surface area (TPSA) is 78.8 Å². The Balaban J connectivity index is 1.65. The van der Waals surface area contributed by atoms with Crippen molar-refractivity contribution in [2.75, 3.05) is 6.61 Å². The largest absolute Gasteiger partial charge is 0.457 e. The van der Waals surface area contributed by atoms with Crippen LogP contribution in [0.4, 0.5) is 4.39 Å². The van der Waals surface area contributed by atoms with E-state index in [-0.39, 0.29) is 17.9 Å². The van der Waals surface area contributed by atoms with Gasteiger partial charge in [0.1, 0.15) is 17.3 Å². The van der Waals surface area contributed by atoms with Crippen LogP contribution in [0.25, 0.3) is 20.2 Å². The van der Waals surface area contributed by atoms with Crippen molar-refractivity contribution in [3.8, 4) is 11.5 Å². The number of rotatable bonds is 7. The molecule has 4 rings (SSSR count). The third-order valence-electron chi connectivity index (χ3n) is 4.94. The molecule has 0 fully saturated rings. The van der Waals surface area contributed by atoms with Crippen molar-refractivity contribution in [2.24, 2.45) is 0 Å². The fourth-order valence-corrected chi connectivity index (χ4v) is 4.36. The number of aryl methyl sites for hydroxylation is 1. The molecule has 5 nitrogen and oxygen atoms in total. The van der Waals surface area contributed by atoms with Gasteiger partial charge in [0.25, 0.3) is 0 Å². The monoisotopic (exact) mass is 425 g/mol. The number of halogens is 1. The molecule has 1 unspecified atom stereocenters. The normalized spacial score (nSPS) is 12.4. The Hall–Kier alpha value is -2.84. The van der Waals surface area contributed by atoms with Gasteiger partial charge in [0.15, 0.2) is 5.43 Å². The van der Waals surface area contributed by atoms with E-state index in [9.17, 15) is 9.18 Å². The Bertz CT molecular complexity index is 1240. The average molecular weight is 425 g/mol. The Kier molecular flexibility index (Phi) is 6.06. The molecule has 0 aliphatic rings. The molecule has 0 aliphatic carbocycles.